The number of thiazole rings is 1. The predicted octanol–water partition coefficient (Wildman–Crippen LogP) is 4.66. The molecule has 0 fully saturated rings. The Kier molecular flexibility index (Phi) is 4.02. The van der Waals surface area contributed by atoms with E-state index in [1.165, 1.54) is 17.7 Å². The second-order valence-corrected chi connectivity index (χ2v) is 6.55. The first-order valence-electron chi connectivity index (χ1n) is 6.28. The minimum Gasteiger partial charge on any atom is -0.385 e. The SMILES string of the molecule is CC(C)(C)CCNc1ccc(-c2nccs2)cc1. The summed E-state index contributed by atoms with van der Waals surface area (Å²) in [6.45, 7) is 7.81. The van der Waals surface area contributed by atoms with Crippen molar-refractivity contribution in [3.63, 3.8) is 0 Å². The molecule has 0 unspecified atom stereocenters. The van der Waals surface area contributed by atoms with Crippen LogP contribution in [0.4, 0.5) is 5.69 Å². The van der Waals surface area contributed by atoms with E-state index in [0.29, 0.717) is 5.41 Å². The summed E-state index contributed by atoms with van der Waals surface area (Å²) < 4.78 is 0. The van der Waals surface area contributed by atoms with E-state index in [1.807, 2.05) is 11.6 Å². The fourth-order valence-corrected chi connectivity index (χ4v) is 2.32. The van der Waals surface area contributed by atoms with Crippen LogP contribution in [0.1, 0.15) is 27.2 Å². The number of rotatable bonds is 4. The van der Waals surface area contributed by atoms with Gasteiger partial charge in [-0.05, 0) is 36.1 Å². The highest BCUT2D eigenvalue weighted by molar-refractivity contribution is 7.13. The summed E-state index contributed by atoms with van der Waals surface area (Å²) in [6.07, 6.45) is 3.01. The summed E-state index contributed by atoms with van der Waals surface area (Å²) in [7, 11) is 0. The van der Waals surface area contributed by atoms with Crippen LogP contribution in [0.3, 0.4) is 0 Å². The van der Waals surface area contributed by atoms with Crippen LogP contribution >= 0.6 is 11.3 Å². The topological polar surface area (TPSA) is 24.9 Å². The molecule has 0 spiro atoms. The smallest absolute Gasteiger partial charge is 0.123 e. The minimum absolute atomic E-state index is 0.383. The molecule has 1 N–H and O–H groups in total. The zero-order valence-corrected chi connectivity index (χ0v) is 12.1. The molecule has 18 heavy (non-hydrogen) atoms. The van der Waals surface area contributed by atoms with Crippen LogP contribution in [0.25, 0.3) is 10.6 Å². The van der Waals surface area contributed by atoms with Crippen LogP contribution in [0.5, 0.6) is 0 Å². The highest BCUT2D eigenvalue weighted by Crippen LogP contribution is 2.23. The van der Waals surface area contributed by atoms with Gasteiger partial charge in [0, 0.05) is 29.4 Å². The first kappa shape index (κ1) is 13.1. The number of nitrogens with one attached hydrogen (secondary N) is 1. The van der Waals surface area contributed by atoms with Crippen LogP contribution in [0.15, 0.2) is 35.8 Å². The Balaban J connectivity index is 1.92. The van der Waals surface area contributed by atoms with Gasteiger partial charge in [0.25, 0.3) is 0 Å². The van der Waals surface area contributed by atoms with Crippen molar-refractivity contribution in [2.24, 2.45) is 5.41 Å². The lowest BCUT2D eigenvalue weighted by molar-refractivity contribution is 0.390. The zero-order valence-electron chi connectivity index (χ0n) is 11.2. The molecule has 0 bridgehead atoms. The molecule has 0 atom stereocenters. The number of hydrogen-bond acceptors (Lipinski definition) is 3. The van der Waals surface area contributed by atoms with E-state index in [1.54, 1.807) is 11.3 Å². The van der Waals surface area contributed by atoms with Gasteiger partial charge in [-0.25, -0.2) is 4.98 Å². The van der Waals surface area contributed by atoms with Gasteiger partial charge in [0.1, 0.15) is 5.01 Å². The molecule has 2 aromatic rings. The first-order valence-corrected chi connectivity index (χ1v) is 7.16. The lowest BCUT2D eigenvalue weighted by Crippen LogP contribution is -2.12. The highest BCUT2D eigenvalue weighted by Gasteiger charge is 2.08. The molecule has 0 radical (unpaired) electrons. The quantitative estimate of drug-likeness (QED) is 0.865. The van der Waals surface area contributed by atoms with Gasteiger partial charge in [-0.15, -0.1) is 11.3 Å². The van der Waals surface area contributed by atoms with Crippen LogP contribution in [-0.4, -0.2) is 11.5 Å². The second kappa shape index (κ2) is 5.53. The molecule has 2 rings (SSSR count). The summed E-state index contributed by atoms with van der Waals surface area (Å²) in [5.74, 6) is 0. The third-order valence-corrected chi connectivity index (χ3v) is 3.59. The molecule has 0 amide bonds. The van der Waals surface area contributed by atoms with Gasteiger partial charge in [-0.1, -0.05) is 20.8 Å². The third-order valence-electron chi connectivity index (χ3n) is 2.77. The lowest BCUT2D eigenvalue weighted by atomic mass is 9.92. The number of anilines is 1. The Labute approximate surface area is 113 Å². The molecule has 0 aliphatic carbocycles. The monoisotopic (exact) mass is 260 g/mol. The van der Waals surface area contributed by atoms with Crippen molar-refractivity contribution in [3.05, 3.63) is 35.8 Å². The summed E-state index contributed by atoms with van der Waals surface area (Å²) >= 11 is 1.67. The largest absolute Gasteiger partial charge is 0.385 e. The van der Waals surface area contributed by atoms with E-state index in [2.05, 4.69) is 55.3 Å². The fourth-order valence-electron chi connectivity index (χ4n) is 1.68. The van der Waals surface area contributed by atoms with E-state index in [4.69, 9.17) is 0 Å². The molecule has 0 aliphatic rings. The summed E-state index contributed by atoms with van der Waals surface area (Å²) in [5, 5.41) is 6.54. The molecular weight excluding hydrogens is 240 g/mol. The van der Waals surface area contributed by atoms with Crippen molar-refractivity contribution < 1.29 is 0 Å². The van der Waals surface area contributed by atoms with Crippen molar-refractivity contribution in [1.82, 2.24) is 4.98 Å². The number of benzene rings is 1. The maximum absolute atomic E-state index is 4.31. The molecule has 0 aliphatic heterocycles. The van der Waals surface area contributed by atoms with Crippen molar-refractivity contribution in [1.29, 1.82) is 0 Å². The first-order chi connectivity index (χ1) is 8.54. The average Bonchev–Trinajstić information content (AvgIpc) is 2.82. The maximum Gasteiger partial charge on any atom is 0.123 e. The van der Waals surface area contributed by atoms with Crippen molar-refractivity contribution in [2.75, 3.05) is 11.9 Å². The van der Waals surface area contributed by atoms with Gasteiger partial charge in [-0.2, -0.15) is 0 Å². The Morgan fingerprint density at radius 2 is 1.89 bits per heavy atom. The molecule has 1 aromatic heterocycles. The van der Waals surface area contributed by atoms with Crippen LogP contribution in [-0.2, 0) is 0 Å². The number of aromatic nitrogens is 1. The maximum atomic E-state index is 4.31. The van der Waals surface area contributed by atoms with E-state index in [0.717, 1.165) is 11.6 Å². The summed E-state index contributed by atoms with van der Waals surface area (Å²) in [4.78, 5) is 4.31. The van der Waals surface area contributed by atoms with Crippen molar-refractivity contribution >= 4 is 17.0 Å². The Morgan fingerprint density at radius 3 is 2.44 bits per heavy atom. The molecule has 2 nitrogen and oxygen atoms in total. The van der Waals surface area contributed by atoms with E-state index >= 15 is 0 Å². The Hall–Kier alpha value is -1.35. The molecule has 1 aromatic carbocycles. The molecule has 1 heterocycles. The lowest BCUT2D eigenvalue weighted by Gasteiger charge is -2.18. The van der Waals surface area contributed by atoms with Crippen molar-refractivity contribution in [3.8, 4) is 10.6 Å². The normalized spacial score (nSPS) is 11.5. The van der Waals surface area contributed by atoms with Gasteiger partial charge in [0.05, 0.1) is 0 Å². The Morgan fingerprint density at radius 1 is 1.17 bits per heavy atom. The molecule has 3 heteroatoms. The summed E-state index contributed by atoms with van der Waals surface area (Å²) in [5.41, 5.74) is 2.75. The van der Waals surface area contributed by atoms with E-state index in [-0.39, 0.29) is 0 Å². The molecule has 0 saturated carbocycles. The van der Waals surface area contributed by atoms with Gasteiger partial charge in [0.2, 0.25) is 0 Å². The van der Waals surface area contributed by atoms with Crippen molar-refractivity contribution in [2.45, 2.75) is 27.2 Å². The third kappa shape index (κ3) is 3.84. The van der Waals surface area contributed by atoms with Crippen LogP contribution < -0.4 is 5.32 Å². The zero-order chi connectivity index (χ0) is 13.0. The predicted molar refractivity (Wildman–Crippen MR) is 80.1 cm³/mol. The fraction of sp³-hybridized carbons (Fsp3) is 0.400. The molecular formula is C15H20N2S. The van der Waals surface area contributed by atoms with Gasteiger partial charge in [-0.3, -0.25) is 0 Å². The summed E-state index contributed by atoms with van der Waals surface area (Å²) in [6, 6.07) is 8.50. The van der Waals surface area contributed by atoms with E-state index in [9.17, 15) is 0 Å². The number of nitrogens with zero attached hydrogens (tertiary/aromatic N) is 1. The van der Waals surface area contributed by atoms with E-state index < -0.39 is 0 Å². The standard InChI is InChI=1S/C15H20N2S/c1-15(2,3)8-9-16-13-6-4-12(5-7-13)14-17-10-11-18-14/h4-7,10-11,16H,8-9H2,1-3H3. The molecule has 96 valence electrons. The van der Waals surface area contributed by atoms with Gasteiger partial charge < -0.3 is 5.32 Å². The van der Waals surface area contributed by atoms with Gasteiger partial charge >= 0.3 is 0 Å². The molecule has 0 saturated heterocycles. The van der Waals surface area contributed by atoms with Crippen LogP contribution in [0, 0.1) is 5.41 Å². The minimum atomic E-state index is 0.383. The van der Waals surface area contributed by atoms with Crippen LogP contribution in [0.2, 0.25) is 0 Å². The Bertz CT molecular complexity index is 466. The van der Waals surface area contributed by atoms with Gasteiger partial charge in [0.15, 0.2) is 0 Å². The number of hydrogen-bond donors (Lipinski definition) is 1. The highest BCUT2D eigenvalue weighted by atomic mass is 32.1. The average molecular weight is 260 g/mol. The second-order valence-electron chi connectivity index (χ2n) is 5.65.